The van der Waals surface area contributed by atoms with Crippen molar-refractivity contribution < 1.29 is 4.79 Å². The Kier molecular flexibility index (Phi) is 2.87. The number of likely N-dealkylation sites (N-methyl/N-ethyl adjacent to an activating group) is 1. The fourth-order valence-electron chi connectivity index (χ4n) is 1.47. The van der Waals surface area contributed by atoms with Crippen LogP contribution in [0.3, 0.4) is 0 Å². The lowest BCUT2D eigenvalue weighted by atomic mass is 10.1. The monoisotopic (exact) mass is 141 g/mol. The number of carbonyl (C=O) groups is 1. The van der Waals surface area contributed by atoms with Crippen molar-refractivity contribution in [3.8, 4) is 0 Å². The summed E-state index contributed by atoms with van der Waals surface area (Å²) in [5, 5.41) is 3.04. The summed E-state index contributed by atoms with van der Waals surface area (Å²) < 4.78 is 0. The zero-order valence-corrected chi connectivity index (χ0v) is 6.52. The van der Waals surface area contributed by atoms with E-state index >= 15 is 0 Å². The molecule has 0 spiro atoms. The van der Waals surface area contributed by atoms with Gasteiger partial charge in [-0.2, -0.15) is 0 Å². The van der Waals surface area contributed by atoms with Crippen molar-refractivity contribution in [3.05, 3.63) is 0 Å². The first-order chi connectivity index (χ1) is 4.84. The summed E-state index contributed by atoms with van der Waals surface area (Å²) >= 11 is 0. The average Bonchev–Trinajstić information content (AvgIpc) is 2.13. The Balaban J connectivity index is 2.43. The second-order valence-electron chi connectivity index (χ2n) is 2.91. The van der Waals surface area contributed by atoms with E-state index in [1.807, 2.05) is 7.05 Å². The first-order valence-corrected chi connectivity index (χ1v) is 4.04. The van der Waals surface area contributed by atoms with Gasteiger partial charge in [-0.1, -0.05) is 12.8 Å². The summed E-state index contributed by atoms with van der Waals surface area (Å²) in [7, 11) is 1.87. The summed E-state index contributed by atoms with van der Waals surface area (Å²) in [5.74, 6) is 0.403. The van der Waals surface area contributed by atoms with E-state index in [1.54, 1.807) is 0 Å². The molecule has 0 unspecified atom stereocenters. The van der Waals surface area contributed by atoms with Gasteiger partial charge in [0.05, 0.1) is 6.04 Å². The fraction of sp³-hybridized carbons (Fsp3) is 0.875. The van der Waals surface area contributed by atoms with Gasteiger partial charge in [-0.05, 0) is 19.9 Å². The average molecular weight is 141 g/mol. The molecule has 0 saturated heterocycles. The van der Waals surface area contributed by atoms with Crippen molar-refractivity contribution in [2.24, 2.45) is 0 Å². The molecule has 1 aliphatic carbocycles. The zero-order valence-electron chi connectivity index (χ0n) is 6.52. The Morgan fingerprint density at radius 3 is 2.90 bits per heavy atom. The third-order valence-corrected chi connectivity index (χ3v) is 2.15. The highest BCUT2D eigenvalue weighted by Crippen LogP contribution is 2.13. The van der Waals surface area contributed by atoms with Crippen LogP contribution < -0.4 is 5.32 Å². The molecule has 0 amide bonds. The Morgan fingerprint density at radius 2 is 2.20 bits per heavy atom. The second kappa shape index (κ2) is 3.71. The molecule has 1 rings (SSSR count). The third kappa shape index (κ3) is 1.81. The number of carbonyl (C=O) groups excluding carboxylic acids is 1. The Bertz CT molecular complexity index is 122. The van der Waals surface area contributed by atoms with Crippen LogP contribution in [-0.4, -0.2) is 18.9 Å². The smallest absolute Gasteiger partial charge is 0.149 e. The topological polar surface area (TPSA) is 29.1 Å². The molecule has 2 nitrogen and oxygen atoms in total. The Morgan fingerprint density at radius 1 is 1.40 bits per heavy atom. The summed E-state index contributed by atoms with van der Waals surface area (Å²) in [6, 6.07) is 0.155. The number of hydrogen-bond acceptors (Lipinski definition) is 2. The van der Waals surface area contributed by atoms with Gasteiger partial charge in [-0.25, -0.2) is 0 Å². The number of hydrogen-bond donors (Lipinski definition) is 1. The molecule has 58 valence electrons. The van der Waals surface area contributed by atoms with Crippen LogP contribution in [0.4, 0.5) is 0 Å². The molecule has 1 atom stereocenters. The van der Waals surface area contributed by atoms with E-state index in [0.717, 1.165) is 19.3 Å². The van der Waals surface area contributed by atoms with Crippen molar-refractivity contribution >= 4 is 5.78 Å². The number of rotatable bonds is 1. The molecule has 1 aliphatic rings. The lowest BCUT2D eigenvalue weighted by Gasteiger charge is -2.09. The van der Waals surface area contributed by atoms with Gasteiger partial charge in [0.15, 0.2) is 0 Å². The molecule has 0 bridgehead atoms. The van der Waals surface area contributed by atoms with Crippen LogP contribution in [0, 0.1) is 0 Å². The van der Waals surface area contributed by atoms with E-state index in [1.165, 1.54) is 12.8 Å². The molecule has 1 N–H and O–H groups in total. The van der Waals surface area contributed by atoms with Crippen molar-refractivity contribution in [2.75, 3.05) is 7.05 Å². The molecule has 0 radical (unpaired) electrons. The first-order valence-electron chi connectivity index (χ1n) is 4.04. The predicted octanol–water partition coefficient (Wildman–Crippen LogP) is 1.11. The Hall–Kier alpha value is -0.370. The number of nitrogens with one attached hydrogen (secondary N) is 1. The second-order valence-corrected chi connectivity index (χ2v) is 2.91. The van der Waals surface area contributed by atoms with Crippen LogP contribution in [0.2, 0.25) is 0 Å². The molecule has 0 aromatic heterocycles. The van der Waals surface area contributed by atoms with Crippen molar-refractivity contribution in [3.63, 3.8) is 0 Å². The van der Waals surface area contributed by atoms with Gasteiger partial charge in [0.1, 0.15) is 5.78 Å². The van der Waals surface area contributed by atoms with Gasteiger partial charge in [0.2, 0.25) is 0 Å². The van der Waals surface area contributed by atoms with Crippen molar-refractivity contribution in [2.45, 2.75) is 38.1 Å². The molecule has 1 saturated carbocycles. The molecule has 10 heavy (non-hydrogen) atoms. The standard InChI is InChI=1S/C8H15NO/c1-9-7-5-3-2-4-6-8(7)10/h7,9H,2-6H2,1H3/t7-/m0/s1. The third-order valence-electron chi connectivity index (χ3n) is 2.15. The minimum atomic E-state index is 0.155. The van der Waals surface area contributed by atoms with Crippen LogP contribution in [-0.2, 0) is 4.79 Å². The van der Waals surface area contributed by atoms with Gasteiger partial charge in [-0.3, -0.25) is 4.79 Å². The lowest BCUT2D eigenvalue weighted by molar-refractivity contribution is -0.120. The van der Waals surface area contributed by atoms with Crippen LogP contribution >= 0.6 is 0 Å². The van der Waals surface area contributed by atoms with E-state index in [4.69, 9.17) is 0 Å². The van der Waals surface area contributed by atoms with E-state index in [0.29, 0.717) is 5.78 Å². The van der Waals surface area contributed by atoms with Gasteiger partial charge in [0, 0.05) is 6.42 Å². The molecule has 2 heteroatoms. The van der Waals surface area contributed by atoms with E-state index in [2.05, 4.69) is 5.32 Å². The minimum absolute atomic E-state index is 0.155. The summed E-state index contributed by atoms with van der Waals surface area (Å²) in [5.41, 5.74) is 0. The first kappa shape index (κ1) is 7.73. The molecule has 0 aromatic carbocycles. The molecular formula is C8H15NO. The maximum atomic E-state index is 11.2. The molecule has 0 aliphatic heterocycles. The highest BCUT2D eigenvalue weighted by Gasteiger charge is 2.17. The van der Waals surface area contributed by atoms with Gasteiger partial charge < -0.3 is 5.32 Å². The van der Waals surface area contributed by atoms with E-state index < -0.39 is 0 Å². The largest absolute Gasteiger partial charge is 0.311 e. The predicted molar refractivity (Wildman–Crippen MR) is 40.9 cm³/mol. The number of ketones is 1. The molecule has 1 fully saturated rings. The highest BCUT2D eigenvalue weighted by molar-refractivity contribution is 5.84. The van der Waals surface area contributed by atoms with E-state index in [-0.39, 0.29) is 6.04 Å². The van der Waals surface area contributed by atoms with Crippen LogP contribution in [0.15, 0.2) is 0 Å². The minimum Gasteiger partial charge on any atom is -0.311 e. The summed E-state index contributed by atoms with van der Waals surface area (Å²) in [6.07, 6.45) is 5.35. The van der Waals surface area contributed by atoms with Gasteiger partial charge in [0.25, 0.3) is 0 Å². The van der Waals surface area contributed by atoms with Gasteiger partial charge in [-0.15, -0.1) is 0 Å². The summed E-state index contributed by atoms with van der Waals surface area (Å²) in [6.45, 7) is 0. The molecule has 0 heterocycles. The molecule has 0 aromatic rings. The molecular weight excluding hydrogens is 126 g/mol. The SMILES string of the molecule is CN[C@H]1CCCCCC1=O. The van der Waals surface area contributed by atoms with Gasteiger partial charge >= 0.3 is 0 Å². The fourth-order valence-corrected chi connectivity index (χ4v) is 1.47. The number of Topliss-reactive ketones (excluding diaryl/α,β-unsaturated/α-hetero) is 1. The highest BCUT2D eigenvalue weighted by atomic mass is 16.1. The quantitative estimate of drug-likeness (QED) is 0.554. The van der Waals surface area contributed by atoms with Crippen molar-refractivity contribution in [1.29, 1.82) is 0 Å². The Labute approximate surface area is 62.0 Å². The maximum Gasteiger partial charge on any atom is 0.149 e. The van der Waals surface area contributed by atoms with Crippen molar-refractivity contribution in [1.82, 2.24) is 5.32 Å². The normalized spacial score (nSPS) is 28.1. The maximum absolute atomic E-state index is 11.2. The van der Waals surface area contributed by atoms with E-state index in [9.17, 15) is 4.79 Å². The van der Waals surface area contributed by atoms with Crippen LogP contribution in [0.5, 0.6) is 0 Å². The zero-order chi connectivity index (χ0) is 7.40. The summed E-state index contributed by atoms with van der Waals surface area (Å²) in [4.78, 5) is 11.2. The van der Waals surface area contributed by atoms with Crippen LogP contribution in [0.25, 0.3) is 0 Å². The van der Waals surface area contributed by atoms with Crippen LogP contribution in [0.1, 0.15) is 32.1 Å². The lowest BCUT2D eigenvalue weighted by Crippen LogP contribution is -2.32.